The van der Waals surface area contributed by atoms with Crippen LogP contribution in [0.5, 0.6) is 0 Å². The smallest absolute Gasteiger partial charge is 0.126 e. The van der Waals surface area contributed by atoms with Crippen LogP contribution in [-0.4, -0.2) is 0 Å². The average Bonchev–Trinajstić information content (AvgIpc) is 2.55. The number of halogens is 2. The fourth-order valence-corrected chi connectivity index (χ4v) is 2.84. The molecule has 1 aromatic carbocycles. The molecule has 0 fully saturated rings. The minimum absolute atomic E-state index is 0.200. The Balaban J connectivity index is 2.49. The molecule has 0 amide bonds. The van der Waals surface area contributed by atoms with Crippen molar-refractivity contribution < 1.29 is 8.78 Å². The zero-order chi connectivity index (χ0) is 12.6. The fourth-order valence-electron chi connectivity index (χ4n) is 2.84. The van der Waals surface area contributed by atoms with Crippen molar-refractivity contribution >= 4 is 0 Å². The topological polar surface area (TPSA) is 0 Å². The van der Waals surface area contributed by atoms with E-state index in [9.17, 15) is 8.78 Å². The molecule has 0 saturated heterocycles. The summed E-state index contributed by atoms with van der Waals surface area (Å²) in [5.74, 6) is -0.974. The second kappa shape index (κ2) is 4.25. The lowest BCUT2D eigenvalue weighted by molar-refractivity contribution is 0.525. The molecule has 1 aromatic rings. The largest absolute Gasteiger partial charge is 0.207 e. The maximum absolute atomic E-state index is 13.3. The summed E-state index contributed by atoms with van der Waals surface area (Å²) in [7, 11) is 0. The lowest BCUT2D eigenvalue weighted by Gasteiger charge is -2.27. The van der Waals surface area contributed by atoms with Crippen molar-refractivity contribution in [3.05, 3.63) is 46.5 Å². The maximum Gasteiger partial charge on any atom is 0.126 e. The fraction of sp³-hybridized carbons (Fsp3) is 0.467. The highest BCUT2D eigenvalue weighted by atomic mass is 19.1. The van der Waals surface area contributed by atoms with Gasteiger partial charge in [0.2, 0.25) is 0 Å². The molecule has 1 atom stereocenters. The number of hydrogen-bond acceptors (Lipinski definition) is 0. The number of rotatable bonds is 2. The van der Waals surface area contributed by atoms with Gasteiger partial charge in [0, 0.05) is 11.5 Å². The Kier molecular flexibility index (Phi) is 3.07. The third kappa shape index (κ3) is 2.01. The molecule has 0 N–H and O–H groups in total. The van der Waals surface area contributed by atoms with E-state index in [1.165, 1.54) is 23.3 Å². The summed E-state index contributed by atoms with van der Waals surface area (Å²) < 4.78 is 26.6. The summed E-state index contributed by atoms with van der Waals surface area (Å²) in [5.41, 5.74) is 3.27. The standard InChI is InChI=1S/C15H18F2/c1-4-11-5-6-15(3,10(11)2)12-7-13(16)9-14(17)8-12/h7-9H,4-6H2,1-3H3/t15-/m1/s1. The van der Waals surface area contributed by atoms with Gasteiger partial charge in [-0.25, -0.2) is 8.78 Å². The molecule has 0 radical (unpaired) electrons. The predicted octanol–water partition coefficient (Wildman–Crippen LogP) is 4.74. The van der Waals surface area contributed by atoms with Crippen molar-refractivity contribution in [2.45, 2.75) is 45.4 Å². The average molecular weight is 236 g/mol. The van der Waals surface area contributed by atoms with Crippen molar-refractivity contribution in [2.24, 2.45) is 0 Å². The first kappa shape index (κ1) is 12.3. The summed E-state index contributed by atoms with van der Waals surface area (Å²) in [6, 6.07) is 3.86. The lowest BCUT2D eigenvalue weighted by Crippen LogP contribution is -2.20. The van der Waals surface area contributed by atoms with E-state index in [1.807, 2.05) is 0 Å². The van der Waals surface area contributed by atoms with E-state index in [0.717, 1.165) is 30.9 Å². The Morgan fingerprint density at radius 1 is 1.18 bits per heavy atom. The zero-order valence-corrected chi connectivity index (χ0v) is 10.6. The number of allylic oxidation sites excluding steroid dienone is 2. The molecule has 0 aliphatic heterocycles. The van der Waals surface area contributed by atoms with E-state index in [4.69, 9.17) is 0 Å². The van der Waals surface area contributed by atoms with Crippen LogP contribution in [0.3, 0.4) is 0 Å². The van der Waals surface area contributed by atoms with Crippen LogP contribution in [0.25, 0.3) is 0 Å². The van der Waals surface area contributed by atoms with Gasteiger partial charge in [0.1, 0.15) is 11.6 Å². The Morgan fingerprint density at radius 2 is 1.76 bits per heavy atom. The van der Waals surface area contributed by atoms with E-state index < -0.39 is 11.6 Å². The highest BCUT2D eigenvalue weighted by molar-refractivity contribution is 5.41. The summed E-state index contributed by atoms with van der Waals surface area (Å²) in [4.78, 5) is 0. The highest BCUT2D eigenvalue weighted by Gasteiger charge is 2.35. The molecule has 0 heterocycles. The Bertz CT molecular complexity index is 454. The number of benzene rings is 1. The van der Waals surface area contributed by atoms with Gasteiger partial charge in [-0.1, -0.05) is 25.0 Å². The molecule has 1 aliphatic carbocycles. The summed E-state index contributed by atoms with van der Waals surface area (Å²) >= 11 is 0. The van der Waals surface area contributed by atoms with Crippen LogP contribution in [0.15, 0.2) is 29.3 Å². The van der Waals surface area contributed by atoms with Crippen LogP contribution in [0.4, 0.5) is 8.78 Å². The molecule has 2 rings (SSSR count). The van der Waals surface area contributed by atoms with E-state index in [0.29, 0.717) is 0 Å². The van der Waals surface area contributed by atoms with Crippen molar-refractivity contribution in [3.63, 3.8) is 0 Å². The van der Waals surface area contributed by atoms with Crippen LogP contribution < -0.4 is 0 Å². The summed E-state index contributed by atoms with van der Waals surface area (Å²) in [6.45, 7) is 6.31. The molecule has 2 heteroatoms. The van der Waals surface area contributed by atoms with Gasteiger partial charge in [0.05, 0.1) is 0 Å². The van der Waals surface area contributed by atoms with Crippen LogP contribution >= 0.6 is 0 Å². The van der Waals surface area contributed by atoms with E-state index in [-0.39, 0.29) is 5.41 Å². The second-order valence-corrected chi connectivity index (χ2v) is 5.07. The van der Waals surface area contributed by atoms with Crippen LogP contribution in [0.1, 0.15) is 45.6 Å². The van der Waals surface area contributed by atoms with Gasteiger partial charge >= 0.3 is 0 Å². The third-order valence-electron chi connectivity index (χ3n) is 4.21. The zero-order valence-electron chi connectivity index (χ0n) is 10.6. The van der Waals surface area contributed by atoms with Crippen molar-refractivity contribution in [2.75, 3.05) is 0 Å². The molecule has 0 unspecified atom stereocenters. The molecule has 0 spiro atoms. The number of hydrogen-bond donors (Lipinski definition) is 0. The highest BCUT2D eigenvalue weighted by Crippen LogP contribution is 2.45. The van der Waals surface area contributed by atoms with E-state index >= 15 is 0 Å². The molecular weight excluding hydrogens is 218 g/mol. The molecule has 0 nitrogen and oxygen atoms in total. The van der Waals surface area contributed by atoms with Gasteiger partial charge < -0.3 is 0 Å². The first-order chi connectivity index (χ1) is 7.97. The molecule has 0 saturated carbocycles. The van der Waals surface area contributed by atoms with Crippen molar-refractivity contribution in [3.8, 4) is 0 Å². The molecular formula is C15H18F2. The van der Waals surface area contributed by atoms with Crippen molar-refractivity contribution in [1.82, 2.24) is 0 Å². The van der Waals surface area contributed by atoms with Gasteiger partial charge in [0.15, 0.2) is 0 Å². The summed E-state index contributed by atoms with van der Waals surface area (Å²) in [5, 5.41) is 0. The lowest BCUT2D eigenvalue weighted by atomic mass is 9.77. The quantitative estimate of drug-likeness (QED) is 0.650. The van der Waals surface area contributed by atoms with E-state index in [1.54, 1.807) is 0 Å². The first-order valence-electron chi connectivity index (χ1n) is 6.13. The minimum Gasteiger partial charge on any atom is -0.207 e. The van der Waals surface area contributed by atoms with Crippen LogP contribution in [0, 0.1) is 11.6 Å². The van der Waals surface area contributed by atoms with Gasteiger partial charge in [0.25, 0.3) is 0 Å². The van der Waals surface area contributed by atoms with Crippen LogP contribution in [0.2, 0.25) is 0 Å². The third-order valence-corrected chi connectivity index (χ3v) is 4.21. The maximum atomic E-state index is 13.3. The summed E-state index contributed by atoms with van der Waals surface area (Å²) in [6.07, 6.45) is 3.01. The molecule has 0 bridgehead atoms. The van der Waals surface area contributed by atoms with Crippen LogP contribution in [-0.2, 0) is 5.41 Å². The first-order valence-corrected chi connectivity index (χ1v) is 6.13. The van der Waals surface area contributed by atoms with Crippen molar-refractivity contribution in [1.29, 1.82) is 0 Å². The van der Waals surface area contributed by atoms with E-state index in [2.05, 4.69) is 20.8 Å². The molecule has 1 aliphatic rings. The second-order valence-electron chi connectivity index (χ2n) is 5.07. The van der Waals surface area contributed by atoms with Gasteiger partial charge in [-0.15, -0.1) is 0 Å². The molecule has 92 valence electrons. The Morgan fingerprint density at radius 3 is 2.24 bits per heavy atom. The molecule has 0 aromatic heterocycles. The molecule has 17 heavy (non-hydrogen) atoms. The monoisotopic (exact) mass is 236 g/mol. The normalized spacial score (nSPS) is 24.5. The van der Waals surface area contributed by atoms with Gasteiger partial charge in [-0.2, -0.15) is 0 Å². The minimum atomic E-state index is -0.487. The van der Waals surface area contributed by atoms with Gasteiger partial charge in [-0.05, 0) is 43.9 Å². The van der Waals surface area contributed by atoms with Gasteiger partial charge in [-0.3, -0.25) is 0 Å². The SMILES string of the molecule is CCC1=C(C)[C@](C)(c2cc(F)cc(F)c2)CC1. The predicted molar refractivity (Wildman–Crippen MR) is 65.9 cm³/mol. The Labute approximate surface area is 101 Å². The Hall–Kier alpha value is -1.18.